The van der Waals surface area contributed by atoms with Gasteiger partial charge in [-0.25, -0.2) is 9.97 Å². The van der Waals surface area contributed by atoms with Crippen LogP contribution in [0.1, 0.15) is 90.1 Å². The predicted octanol–water partition coefficient (Wildman–Crippen LogP) is 9.17. The molecule has 0 aliphatic carbocycles. The number of carboxylic acids is 1. The third-order valence-electron chi connectivity index (χ3n) is 10.0. The van der Waals surface area contributed by atoms with Crippen molar-refractivity contribution in [1.82, 2.24) is 25.3 Å². The first-order valence-electron chi connectivity index (χ1n) is 17.5. The van der Waals surface area contributed by atoms with Crippen LogP contribution in [0.5, 0.6) is 0 Å². The van der Waals surface area contributed by atoms with E-state index < -0.39 is 5.97 Å². The third kappa shape index (κ3) is 7.41. The Morgan fingerprint density at radius 1 is 0.745 bits per heavy atom. The van der Waals surface area contributed by atoms with Crippen molar-refractivity contribution in [3.05, 3.63) is 124 Å². The van der Waals surface area contributed by atoms with Crippen molar-refractivity contribution in [2.45, 2.75) is 66.2 Å². The third-order valence-corrected chi connectivity index (χ3v) is 10.0. The number of nitrogens with one attached hydrogen (secondary N) is 3. The van der Waals surface area contributed by atoms with Gasteiger partial charge < -0.3 is 20.4 Å². The van der Waals surface area contributed by atoms with Gasteiger partial charge in [0.2, 0.25) is 5.91 Å². The van der Waals surface area contributed by atoms with E-state index in [0.717, 1.165) is 102 Å². The van der Waals surface area contributed by atoms with Crippen LogP contribution in [-0.4, -0.2) is 43.5 Å². The highest BCUT2D eigenvalue weighted by Crippen LogP contribution is 2.37. The van der Waals surface area contributed by atoms with E-state index in [1.165, 1.54) is 5.56 Å². The van der Waals surface area contributed by atoms with E-state index in [1.807, 2.05) is 69.3 Å². The van der Waals surface area contributed by atoms with Crippen LogP contribution in [0.2, 0.25) is 0 Å². The minimum absolute atomic E-state index is 0.00152. The summed E-state index contributed by atoms with van der Waals surface area (Å²) in [6.45, 7) is 17.0. The fraction of sp³-hybridized carbons (Fsp3) is 0.256. The maximum atomic E-state index is 13.1. The molecule has 0 saturated carbocycles. The minimum Gasteiger partial charge on any atom is -0.481 e. The molecule has 260 valence electrons. The van der Waals surface area contributed by atoms with Gasteiger partial charge in [0.15, 0.2) is 0 Å². The molecule has 5 heterocycles. The Labute approximate surface area is 298 Å². The van der Waals surface area contributed by atoms with Crippen molar-refractivity contribution < 1.29 is 14.7 Å². The van der Waals surface area contributed by atoms with E-state index >= 15 is 0 Å². The largest absolute Gasteiger partial charge is 0.481 e. The molecule has 6 rings (SSSR count). The molecule has 1 aromatic carbocycles. The van der Waals surface area contributed by atoms with Gasteiger partial charge in [-0.3, -0.25) is 9.59 Å². The Kier molecular flexibility index (Phi) is 10.3. The van der Waals surface area contributed by atoms with Gasteiger partial charge in [0.25, 0.3) is 0 Å². The smallest absolute Gasteiger partial charge is 0.303 e. The minimum atomic E-state index is -0.856. The number of aromatic nitrogens is 4. The molecule has 3 aromatic heterocycles. The van der Waals surface area contributed by atoms with Gasteiger partial charge in [0.05, 0.1) is 22.8 Å². The van der Waals surface area contributed by atoms with E-state index in [1.54, 1.807) is 0 Å². The summed E-state index contributed by atoms with van der Waals surface area (Å²) in [6.07, 6.45) is 6.64. The first-order chi connectivity index (χ1) is 24.6. The van der Waals surface area contributed by atoms with E-state index in [9.17, 15) is 14.7 Å². The number of carbonyl (C=O) groups is 2. The van der Waals surface area contributed by atoms with Crippen LogP contribution in [-0.2, 0) is 22.4 Å². The molecule has 2 aliphatic heterocycles. The number of carboxylic acid groups (broad SMARTS) is 1. The molecule has 0 unspecified atom stereocenters. The van der Waals surface area contributed by atoms with E-state index in [-0.39, 0.29) is 12.3 Å². The lowest BCUT2D eigenvalue weighted by molar-refractivity contribution is -0.137. The van der Waals surface area contributed by atoms with Gasteiger partial charge in [-0.15, -0.1) is 0 Å². The quantitative estimate of drug-likeness (QED) is 0.111. The molecule has 2 aliphatic rings. The first kappa shape index (κ1) is 35.1. The summed E-state index contributed by atoms with van der Waals surface area (Å²) in [7, 11) is 0. The summed E-state index contributed by atoms with van der Waals surface area (Å²) in [5.41, 5.74) is 15.7. The summed E-state index contributed by atoms with van der Waals surface area (Å²) >= 11 is 0. The Morgan fingerprint density at radius 3 is 2.16 bits per heavy atom. The average molecular weight is 680 g/mol. The van der Waals surface area contributed by atoms with Crippen molar-refractivity contribution in [3.8, 4) is 0 Å². The highest BCUT2D eigenvalue weighted by atomic mass is 16.4. The van der Waals surface area contributed by atoms with E-state index in [0.29, 0.717) is 25.8 Å². The second kappa shape index (κ2) is 15.0. The molecule has 4 aromatic rings. The fourth-order valence-electron chi connectivity index (χ4n) is 7.03. The van der Waals surface area contributed by atoms with Crippen molar-refractivity contribution >= 4 is 62.3 Å². The van der Waals surface area contributed by atoms with Gasteiger partial charge >= 0.3 is 5.97 Å². The van der Waals surface area contributed by atoms with E-state index in [4.69, 9.17) is 9.97 Å². The zero-order valence-electron chi connectivity index (χ0n) is 29.9. The predicted molar refractivity (Wildman–Crippen MR) is 209 cm³/mol. The van der Waals surface area contributed by atoms with Crippen LogP contribution in [0, 0.1) is 13.8 Å². The number of aromatic amines is 2. The van der Waals surface area contributed by atoms with Gasteiger partial charge in [0.1, 0.15) is 0 Å². The molecule has 0 fully saturated rings. The molecule has 4 N–H and O–H groups in total. The molecule has 0 atom stereocenters. The number of amides is 1. The van der Waals surface area contributed by atoms with Crippen LogP contribution >= 0.6 is 0 Å². The SMILES string of the molecule is C=CC1=C(C)c2cc3[nH]c(cc4[nH]c(cc5nc(cc1n2)C(C)=C5CCC(=O)NCCCc1ccccc1)c(CCC(=O)O)c4C)c(C)c3C=C. The molecule has 0 spiro atoms. The normalized spacial score (nSPS) is 12.7. The molecule has 8 bridgehead atoms. The van der Waals surface area contributed by atoms with Crippen molar-refractivity contribution in [2.24, 2.45) is 0 Å². The molecule has 8 nitrogen and oxygen atoms in total. The number of fused-ring (bicyclic) bond motifs is 8. The van der Waals surface area contributed by atoms with Crippen LogP contribution < -0.4 is 5.32 Å². The lowest BCUT2D eigenvalue weighted by Gasteiger charge is -2.07. The highest BCUT2D eigenvalue weighted by Gasteiger charge is 2.22. The number of aryl methyl sites for hydroxylation is 4. The van der Waals surface area contributed by atoms with Crippen LogP contribution in [0.4, 0.5) is 0 Å². The number of carbonyl (C=O) groups excluding carboxylic acids is 1. The number of hydrogen-bond acceptors (Lipinski definition) is 4. The zero-order chi connectivity index (χ0) is 36.2. The number of rotatable bonds is 12. The summed E-state index contributed by atoms with van der Waals surface area (Å²) in [6, 6.07) is 18.4. The molecular weight excluding hydrogens is 635 g/mol. The average Bonchev–Trinajstić information content (AvgIpc) is 3.77. The molecule has 1 amide bonds. The number of aliphatic carboxylic acids is 1. The monoisotopic (exact) mass is 679 g/mol. The van der Waals surface area contributed by atoms with Crippen molar-refractivity contribution in [1.29, 1.82) is 0 Å². The van der Waals surface area contributed by atoms with Gasteiger partial charge in [0, 0.05) is 52.6 Å². The molecule has 0 radical (unpaired) electrons. The summed E-state index contributed by atoms with van der Waals surface area (Å²) in [5, 5.41) is 12.7. The molecule has 8 heteroatoms. The molecular formula is C43H45N5O3. The van der Waals surface area contributed by atoms with Gasteiger partial charge in [-0.1, -0.05) is 55.6 Å². The topological polar surface area (TPSA) is 124 Å². The second-order valence-electron chi connectivity index (χ2n) is 13.3. The first-order valence-corrected chi connectivity index (χ1v) is 17.5. The standard InChI is InChI=1S/C43H45N5O3/c1-7-30-25(3)34-21-35-28(6)33(17-19-43(50)51)41(47-35)24-40-32(16-18-42(49)44-20-12-15-29-13-10-9-11-14-29)27(5)37(48-40)23-39-31(8-2)26(4)36(46-39)22-38(30)45-34/h7-11,13-14,21-24,45,47H,1-2,12,15-20H2,3-6H3,(H,44,49)(H,50,51). The summed E-state index contributed by atoms with van der Waals surface area (Å²) in [4.78, 5) is 42.1. The van der Waals surface area contributed by atoms with Crippen molar-refractivity contribution in [3.63, 3.8) is 0 Å². The van der Waals surface area contributed by atoms with Crippen LogP contribution in [0.3, 0.4) is 0 Å². The van der Waals surface area contributed by atoms with Gasteiger partial charge in [-0.2, -0.15) is 0 Å². The Bertz CT molecular complexity index is 2290. The summed E-state index contributed by atoms with van der Waals surface area (Å²) < 4.78 is 0. The fourth-order valence-corrected chi connectivity index (χ4v) is 7.03. The number of H-pyrrole nitrogens is 2. The van der Waals surface area contributed by atoms with Gasteiger partial charge in [-0.05, 0) is 117 Å². The lowest BCUT2D eigenvalue weighted by atomic mass is 9.99. The molecule has 0 saturated heterocycles. The number of nitrogens with zero attached hydrogens (tertiary/aromatic N) is 2. The maximum Gasteiger partial charge on any atom is 0.303 e. The van der Waals surface area contributed by atoms with E-state index in [2.05, 4.69) is 53.6 Å². The highest BCUT2D eigenvalue weighted by molar-refractivity contribution is 5.98. The lowest BCUT2D eigenvalue weighted by Crippen LogP contribution is -2.24. The number of allylic oxidation sites excluding steroid dienone is 5. The molecule has 51 heavy (non-hydrogen) atoms. The Balaban J connectivity index is 1.47. The Hall–Kier alpha value is -5.76. The van der Waals surface area contributed by atoms with Crippen LogP contribution in [0.25, 0.3) is 50.4 Å². The number of benzene rings is 1. The summed E-state index contributed by atoms with van der Waals surface area (Å²) in [5.74, 6) is -0.860. The maximum absolute atomic E-state index is 13.1. The Morgan fingerprint density at radius 2 is 1.43 bits per heavy atom. The second-order valence-corrected chi connectivity index (χ2v) is 13.3. The van der Waals surface area contributed by atoms with Crippen molar-refractivity contribution in [2.75, 3.05) is 6.54 Å². The zero-order valence-corrected chi connectivity index (χ0v) is 29.9. The van der Waals surface area contributed by atoms with Crippen LogP contribution in [0.15, 0.2) is 73.8 Å². The number of hydrogen-bond donors (Lipinski definition) is 4.